The fourth-order valence-electron chi connectivity index (χ4n) is 1.71. The summed E-state index contributed by atoms with van der Waals surface area (Å²) in [5.41, 5.74) is 1.17. The topological polar surface area (TPSA) is 56.8 Å². The first-order chi connectivity index (χ1) is 9.51. The van der Waals surface area contributed by atoms with Gasteiger partial charge < -0.3 is 19.5 Å². The third-order valence-electron chi connectivity index (χ3n) is 2.63. The van der Waals surface area contributed by atoms with Crippen LogP contribution in [0.15, 0.2) is 35.0 Å². The van der Waals surface area contributed by atoms with Gasteiger partial charge in [-0.25, -0.2) is 4.79 Å². The van der Waals surface area contributed by atoms with Gasteiger partial charge in [0.25, 0.3) is 0 Å². The number of carbonyl (C=O) groups excluding carboxylic acids is 1. The molecule has 1 aliphatic heterocycles. The van der Waals surface area contributed by atoms with Crippen LogP contribution < -0.4 is 10.1 Å². The zero-order valence-corrected chi connectivity index (χ0v) is 12.2. The predicted octanol–water partition coefficient (Wildman–Crippen LogP) is 2.87. The maximum absolute atomic E-state index is 11.5. The molecule has 1 N–H and O–H groups in total. The van der Waals surface area contributed by atoms with Crippen molar-refractivity contribution >= 4 is 23.3 Å². The first-order valence-electron chi connectivity index (χ1n) is 6.18. The maximum atomic E-state index is 11.5. The number of halogens is 1. The Bertz CT molecular complexity index is 524. The highest BCUT2D eigenvalue weighted by Crippen LogP contribution is 2.29. The summed E-state index contributed by atoms with van der Waals surface area (Å²) in [6, 6.07) is 7.22. The standard InChI is InChI=1S/C14H16ClNO4/c1-8(2)19-14-12(11(15)13(17)20-14)16-9-4-6-10(18-3)7-5-9/h4-8,14,16H,1-3H3. The molecule has 0 amide bonds. The Morgan fingerprint density at radius 3 is 2.50 bits per heavy atom. The van der Waals surface area contributed by atoms with Gasteiger partial charge in [0.05, 0.1) is 13.2 Å². The highest BCUT2D eigenvalue weighted by Gasteiger charge is 2.34. The maximum Gasteiger partial charge on any atom is 0.354 e. The quantitative estimate of drug-likeness (QED) is 0.847. The second-order valence-electron chi connectivity index (χ2n) is 4.50. The summed E-state index contributed by atoms with van der Waals surface area (Å²) in [5.74, 6) is 0.151. The molecule has 1 aromatic rings. The van der Waals surface area contributed by atoms with Crippen molar-refractivity contribution in [2.45, 2.75) is 26.2 Å². The summed E-state index contributed by atoms with van der Waals surface area (Å²) in [6.07, 6.45) is -0.903. The van der Waals surface area contributed by atoms with Crippen molar-refractivity contribution in [3.05, 3.63) is 35.0 Å². The molecule has 0 fully saturated rings. The molecule has 0 bridgehead atoms. The number of benzene rings is 1. The Kier molecular flexibility index (Phi) is 4.52. The highest BCUT2D eigenvalue weighted by atomic mass is 35.5. The van der Waals surface area contributed by atoms with Gasteiger partial charge in [0.15, 0.2) is 5.03 Å². The van der Waals surface area contributed by atoms with Crippen molar-refractivity contribution in [2.24, 2.45) is 0 Å². The lowest BCUT2D eigenvalue weighted by molar-refractivity contribution is -0.165. The van der Waals surface area contributed by atoms with Crippen LogP contribution in [-0.4, -0.2) is 25.5 Å². The number of hydrogen-bond donors (Lipinski definition) is 1. The molecule has 2 rings (SSSR count). The number of hydrogen-bond acceptors (Lipinski definition) is 5. The third kappa shape index (κ3) is 3.23. The molecule has 0 saturated carbocycles. The van der Waals surface area contributed by atoms with E-state index in [2.05, 4.69) is 5.32 Å². The summed E-state index contributed by atoms with van der Waals surface area (Å²) in [7, 11) is 1.60. The zero-order chi connectivity index (χ0) is 14.7. The number of carbonyl (C=O) groups is 1. The third-order valence-corrected chi connectivity index (χ3v) is 2.99. The van der Waals surface area contributed by atoms with Crippen molar-refractivity contribution in [1.29, 1.82) is 0 Å². The summed E-state index contributed by atoms with van der Waals surface area (Å²) in [4.78, 5) is 11.5. The fraction of sp³-hybridized carbons (Fsp3) is 0.357. The molecule has 1 atom stereocenters. The van der Waals surface area contributed by atoms with Crippen LogP contribution in [0.4, 0.5) is 5.69 Å². The molecule has 1 aliphatic rings. The van der Waals surface area contributed by atoms with E-state index >= 15 is 0 Å². The lowest BCUT2D eigenvalue weighted by atomic mass is 10.3. The molecule has 0 radical (unpaired) electrons. The Hall–Kier alpha value is -1.72. The van der Waals surface area contributed by atoms with Crippen LogP contribution in [-0.2, 0) is 14.3 Å². The van der Waals surface area contributed by atoms with Crippen LogP contribution in [0.25, 0.3) is 0 Å². The molecule has 108 valence electrons. The Labute approximate surface area is 122 Å². The van der Waals surface area contributed by atoms with E-state index < -0.39 is 12.3 Å². The Morgan fingerprint density at radius 1 is 1.30 bits per heavy atom. The average molecular weight is 298 g/mol. The van der Waals surface area contributed by atoms with Gasteiger partial charge in [0.2, 0.25) is 6.29 Å². The Morgan fingerprint density at radius 2 is 1.95 bits per heavy atom. The van der Waals surface area contributed by atoms with Crippen molar-refractivity contribution in [3.8, 4) is 5.75 Å². The minimum Gasteiger partial charge on any atom is -0.497 e. The van der Waals surface area contributed by atoms with Crippen LogP contribution >= 0.6 is 11.6 Å². The van der Waals surface area contributed by atoms with Crippen molar-refractivity contribution < 1.29 is 19.0 Å². The van der Waals surface area contributed by atoms with Gasteiger partial charge in [-0.1, -0.05) is 11.6 Å². The van der Waals surface area contributed by atoms with Crippen molar-refractivity contribution in [3.63, 3.8) is 0 Å². The second-order valence-corrected chi connectivity index (χ2v) is 4.88. The number of nitrogens with one attached hydrogen (secondary N) is 1. The van der Waals surface area contributed by atoms with Crippen LogP contribution in [0, 0.1) is 0 Å². The van der Waals surface area contributed by atoms with Crippen molar-refractivity contribution in [2.75, 3.05) is 12.4 Å². The summed E-state index contributed by atoms with van der Waals surface area (Å²) < 4.78 is 15.7. The van der Waals surface area contributed by atoms with E-state index in [0.29, 0.717) is 5.70 Å². The van der Waals surface area contributed by atoms with Gasteiger partial charge in [-0.2, -0.15) is 0 Å². The van der Waals surface area contributed by atoms with Gasteiger partial charge >= 0.3 is 5.97 Å². The number of anilines is 1. The van der Waals surface area contributed by atoms with Crippen LogP contribution in [0.2, 0.25) is 0 Å². The minimum absolute atomic E-state index is 0.00599. The molecule has 1 aromatic carbocycles. The monoisotopic (exact) mass is 297 g/mol. The molecule has 0 spiro atoms. The molecule has 20 heavy (non-hydrogen) atoms. The molecule has 1 unspecified atom stereocenters. The SMILES string of the molecule is COc1ccc(NC2=C(Cl)C(=O)OC2OC(C)C)cc1. The van der Waals surface area contributed by atoms with Crippen molar-refractivity contribution in [1.82, 2.24) is 0 Å². The van der Waals surface area contributed by atoms with Crippen LogP contribution in [0.5, 0.6) is 5.75 Å². The molecule has 0 saturated heterocycles. The molecule has 0 aromatic heterocycles. The number of ether oxygens (including phenoxy) is 3. The predicted molar refractivity (Wildman–Crippen MR) is 75.6 cm³/mol. The first-order valence-corrected chi connectivity index (χ1v) is 6.56. The second kappa shape index (κ2) is 6.15. The van der Waals surface area contributed by atoms with E-state index in [1.165, 1.54) is 0 Å². The van der Waals surface area contributed by atoms with Gasteiger partial charge in [-0.3, -0.25) is 0 Å². The number of esters is 1. The lowest BCUT2D eigenvalue weighted by Crippen LogP contribution is -2.23. The summed E-state index contributed by atoms with van der Waals surface area (Å²) >= 11 is 5.95. The van der Waals surface area contributed by atoms with Gasteiger partial charge in [0.1, 0.15) is 11.4 Å². The van der Waals surface area contributed by atoms with E-state index in [1.54, 1.807) is 19.2 Å². The highest BCUT2D eigenvalue weighted by molar-refractivity contribution is 6.42. The fourth-order valence-corrected chi connectivity index (χ4v) is 1.89. The van der Waals surface area contributed by atoms with Crippen LogP contribution in [0.1, 0.15) is 13.8 Å². The van der Waals surface area contributed by atoms with Gasteiger partial charge in [-0.05, 0) is 38.1 Å². The van der Waals surface area contributed by atoms with E-state index in [0.717, 1.165) is 11.4 Å². The van der Waals surface area contributed by atoms with E-state index in [-0.39, 0.29) is 11.1 Å². The average Bonchev–Trinajstić information content (AvgIpc) is 2.67. The summed E-state index contributed by atoms with van der Waals surface area (Å²) in [5, 5.41) is 3.06. The van der Waals surface area contributed by atoms with Gasteiger partial charge in [-0.15, -0.1) is 0 Å². The molecular formula is C14H16ClNO4. The number of methoxy groups -OCH3 is 1. The number of rotatable bonds is 5. The van der Waals surface area contributed by atoms with E-state index in [9.17, 15) is 4.79 Å². The molecule has 6 heteroatoms. The molecule has 1 heterocycles. The van der Waals surface area contributed by atoms with Crippen LogP contribution in [0.3, 0.4) is 0 Å². The van der Waals surface area contributed by atoms with E-state index in [1.807, 2.05) is 26.0 Å². The minimum atomic E-state index is -0.808. The van der Waals surface area contributed by atoms with E-state index in [4.69, 9.17) is 25.8 Å². The zero-order valence-electron chi connectivity index (χ0n) is 11.5. The number of cyclic esters (lactones) is 1. The summed E-state index contributed by atoms with van der Waals surface area (Å²) in [6.45, 7) is 3.70. The lowest BCUT2D eigenvalue weighted by Gasteiger charge is -2.18. The smallest absolute Gasteiger partial charge is 0.354 e. The largest absolute Gasteiger partial charge is 0.497 e. The normalized spacial score (nSPS) is 18.4. The molecule has 5 nitrogen and oxygen atoms in total. The molecular weight excluding hydrogens is 282 g/mol. The molecule has 0 aliphatic carbocycles. The van der Waals surface area contributed by atoms with Gasteiger partial charge in [0, 0.05) is 5.69 Å². The Balaban J connectivity index is 2.17. The first kappa shape index (κ1) is 14.7.